The Balaban J connectivity index is 2.14. The van der Waals surface area contributed by atoms with E-state index in [-0.39, 0.29) is 6.04 Å². The third-order valence-corrected chi connectivity index (χ3v) is 2.54. The minimum Gasteiger partial charge on any atom is -0.255 e. The highest BCUT2D eigenvalue weighted by Gasteiger charge is 2.28. The second-order valence-electron chi connectivity index (χ2n) is 3.25. The summed E-state index contributed by atoms with van der Waals surface area (Å²) in [5, 5.41) is 13.0. The first-order valence-corrected chi connectivity index (χ1v) is 4.30. The quantitative estimate of drug-likeness (QED) is 0.663. The maximum absolute atomic E-state index is 8.92. The van der Waals surface area contributed by atoms with E-state index in [1.54, 1.807) is 10.9 Å². The smallest absolute Gasteiger partial charge is 0.141 e. The van der Waals surface area contributed by atoms with Gasteiger partial charge in [0.05, 0.1) is 6.07 Å². The lowest BCUT2D eigenvalue weighted by atomic mass is 9.80. The molecule has 1 atom stereocenters. The average molecular weight is 161 g/mol. The second kappa shape index (κ2) is 2.98. The molecule has 1 saturated carbocycles. The summed E-state index contributed by atoms with van der Waals surface area (Å²) in [5.74, 6) is 0.537. The first kappa shape index (κ1) is 7.35. The summed E-state index contributed by atoms with van der Waals surface area (Å²) >= 11 is 0. The third kappa shape index (κ3) is 1.10. The Labute approximate surface area is 71.6 Å². The predicted octanol–water partition coefficient (Wildman–Crippen LogP) is 1.75. The molecule has 0 bridgehead atoms. The van der Waals surface area contributed by atoms with Crippen molar-refractivity contribution in [2.75, 3.05) is 0 Å². The largest absolute Gasteiger partial charge is 0.255 e. The molecule has 12 heavy (non-hydrogen) atoms. The lowest BCUT2D eigenvalue weighted by Crippen LogP contribution is -2.24. The number of hydrogen-bond donors (Lipinski definition) is 0. The van der Waals surface area contributed by atoms with Crippen molar-refractivity contribution in [3.63, 3.8) is 0 Å². The molecule has 1 aliphatic rings. The molecule has 1 aromatic heterocycles. The fourth-order valence-electron chi connectivity index (χ4n) is 1.58. The first-order valence-electron chi connectivity index (χ1n) is 4.30. The molecule has 0 aromatic carbocycles. The molecule has 0 saturated heterocycles. The lowest BCUT2D eigenvalue weighted by Gasteiger charge is -2.29. The van der Waals surface area contributed by atoms with E-state index >= 15 is 0 Å². The van der Waals surface area contributed by atoms with Crippen LogP contribution in [-0.4, -0.2) is 9.78 Å². The van der Waals surface area contributed by atoms with Crippen LogP contribution in [0.25, 0.3) is 0 Å². The van der Waals surface area contributed by atoms with Gasteiger partial charge in [0.25, 0.3) is 0 Å². The van der Waals surface area contributed by atoms with E-state index in [1.807, 2.05) is 12.3 Å². The van der Waals surface area contributed by atoms with Crippen LogP contribution < -0.4 is 0 Å². The SMILES string of the molecule is N#CC(C1CCC1)n1cccn1. The zero-order valence-electron chi connectivity index (χ0n) is 6.85. The van der Waals surface area contributed by atoms with Crippen LogP contribution in [0.3, 0.4) is 0 Å². The van der Waals surface area contributed by atoms with Crippen molar-refractivity contribution in [2.45, 2.75) is 25.3 Å². The Bertz CT molecular complexity index is 279. The van der Waals surface area contributed by atoms with Crippen molar-refractivity contribution in [3.05, 3.63) is 18.5 Å². The van der Waals surface area contributed by atoms with Gasteiger partial charge in [-0.15, -0.1) is 0 Å². The van der Waals surface area contributed by atoms with Crippen molar-refractivity contribution in [1.29, 1.82) is 5.26 Å². The van der Waals surface area contributed by atoms with E-state index in [4.69, 9.17) is 5.26 Å². The third-order valence-electron chi connectivity index (χ3n) is 2.54. The maximum Gasteiger partial charge on any atom is 0.141 e. The monoisotopic (exact) mass is 161 g/mol. The van der Waals surface area contributed by atoms with Gasteiger partial charge < -0.3 is 0 Å². The summed E-state index contributed by atoms with van der Waals surface area (Å²) in [4.78, 5) is 0. The summed E-state index contributed by atoms with van der Waals surface area (Å²) in [6.07, 6.45) is 7.22. The van der Waals surface area contributed by atoms with Crippen LogP contribution in [0, 0.1) is 17.2 Å². The number of aromatic nitrogens is 2. The zero-order valence-corrected chi connectivity index (χ0v) is 6.85. The van der Waals surface area contributed by atoms with Gasteiger partial charge in [0.15, 0.2) is 0 Å². The molecule has 0 radical (unpaired) electrons. The van der Waals surface area contributed by atoms with Crippen molar-refractivity contribution < 1.29 is 0 Å². The van der Waals surface area contributed by atoms with Crippen LogP contribution in [0.15, 0.2) is 18.5 Å². The number of rotatable bonds is 2. The summed E-state index contributed by atoms with van der Waals surface area (Å²) in [6.45, 7) is 0. The fourth-order valence-corrected chi connectivity index (χ4v) is 1.58. The molecule has 1 unspecified atom stereocenters. The van der Waals surface area contributed by atoms with Gasteiger partial charge in [-0.3, -0.25) is 4.68 Å². The lowest BCUT2D eigenvalue weighted by molar-refractivity contribution is 0.236. The average Bonchev–Trinajstić information content (AvgIpc) is 2.47. The molecule has 2 rings (SSSR count). The topological polar surface area (TPSA) is 41.6 Å². The standard InChI is InChI=1S/C9H11N3/c10-7-9(8-3-1-4-8)12-6-2-5-11-12/h2,5-6,8-9H,1,3-4H2. The van der Waals surface area contributed by atoms with Gasteiger partial charge in [-0.2, -0.15) is 10.4 Å². The highest BCUT2D eigenvalue weighted by molar-refractivity contribution is 4.97. The van der Waals surface area contributed by atoms with E-state index < -0.39 is 0 Å². The van der Waals surface area contributed by atoms with E-state index in [1.165, 1.54) is 19.3 Å². The van der Waals surface area contributed by atoms with Gasteiger partial charge in [0, 0.05) is 12.4 Å². The minimum absolute atomic E-state index is 0.0336. The van der Waals surface area contributed by atoms with Crippen LogP contribution >= 0.6 is 0 Å². The molecule has 1 aliphatic carbocycles. The van der Waals surface area contributed by atoms with Crippen molar-refractivity contribution in [2.24, 2.45) is 5.92 Å². The van der Waals surface area contributed by atoms with Crippen LogP contribution in [0.5, 0.6) is 0 Å². The zero-order chi connectivity index (χ0) is 8.39. The van der Waals surface area contributed by atoms with Gasteiger partial charge in [-0.1, -0.05) is 6.42 Å². The second-order valence-corrected chi connectivity index (χ2v) is 3.25. The molecule has 1 aromatic rings. The molecular formula is C9H11N3. The molecule has 62 valence electrons. The van der Waals surface area contributed by atoms with Gasteiger partial charge in [0.1, 0.15) is 6.04 Å². The maximum atomic E-state index is 8.92. The Morgan fingerprint density at radius 1 is 1.58 bits per heavy atom. The molecule has 1 fully saturated rings. The Morgan fingerprint density at radius 2 is 2.42 bits per heavy atom. The van der Waals surface area contributed by atoms with E-state index in [2.05, 4.69) is 11.2 Å². The predicted molar refractivity (Wildman–Crippen MR) is 44.2 cm³/mol. The fraction of sp³-hybridized carbons (Fsp3) is 0.556. The minimum atomic E-state index is -0.0336. The van der Waals surface area contributed by atoms with Crippen LogP contribution in [0.1, 0.15) is 25.3 Å². The van der Waals surface area contributed by atoms with Crippen molar-refractivity contribution in [1.82, 2.24) is 9.78 Å². The molecule has 3 nitrogen and oxygen atoms in total. The van der Waals surface area contributed by atoms with E-state index in [9.17, 15) is 0 Å². The van der Waals surface area contributed by atoms with Crippen LogP contribution in [0.2, 0.25) is 0 Å². The molecule has 0 amide bonds. The number of hydrogen-bond acceptors (Lipinski definition) is 2. The normalized spacial score (nSPS) is 19.6. The summed E-state index contributed by atoms with van der Waals surface area (Å²) in [7, 11) is 0. The van der Waals surface area contributed by atoms with Gasteiger partial charge in [-0.05, 0) is 24.8 Å². The van der Waals surface area contributed by atoms with Crippen molar-refractivity contribution >= 4 is 0 Å². The van der Waals surface area contributed by atoms with Crippen molar-refractivity contribution in [3.8, 4) is 6.07 Å². The molecule has 1 heterocycles. The summed E-state index contributed by atoms with van der Waals surface area (Å²) in [6, 6.07) is 4.14. The first-order chi connectivity index (χ1) is 5.92. The highest BCUT2D eigenvalue weighted by atomic mass is 15.3. The number of nitrogens with zero attached hydrogens (tertiary/aromatic N) is 3. The van der Waals surface area contributed by atoms with Crippen LogP contribution in [0.4, 0.5) is 0 Å². The highest BCUT2D eigenvalue weighted by Crippen LogP contribution is 2.35. The molecule has 0 spiro atoms. The van der Waals surface area contributed by atoms with Gasteiger partial charge in [0.2, 0.25) is 0 Å². The Hall–Kier alpha value is -1.30. The van der Waals surface area contributed by atoms with Gasteiger partial charge in [-0.25, -0.2) is 0 Å². The van der Waals surface area contributed by atoms with Crippen LogP contribution in [-0.2, 0) is 0 Å². The Kier molecular flexibility index (Phi) is 1.83. The molecule has 0 N–H and O–H groups in total. The van der Waals surface area contributed by atoms with E-state index in [0.29, 0.717) is 5.92 Å². The Morgan fingerprint density at radius 3 is 2.83 bits per heavy atom. The summed E-state index contributed by atoms with van der Waals surface area (Å²) < 4.78 is 1.77. The van der Waals surface area contributed by atoms with E-state index in [0.717, 1.165) is 0 Å². The molecule has 0 aliphatic heterocycles. The number of nitriles is 1. The molecule has 3 heteroatoms. The molecular weight excluding hydrogens is 150 g/mol. The summed E-state index contributed by atoms with van der Waals surface area (Å²) in [5.41, 5.74) is 0. The van der Waals surface area contributed by atoms with Gasteiger partial charge >= 0.3 is 0 Å².